The molecule has 3 N–H and O–H groups in total. The zero-order valence-electron chi connectivity index (χ0n) is 16.2. The topological polar surface area (TPSA) is 67.6 Å². The second-order valence-corrected chi connectivity index (χ2v) is 8.28. The predicted octanol–water partition coefficient (Wildman–Crippen LogP) is 2.29. The van der Waals surface area contributed by atoms with Gasteiger partial charge in [0.05, 0.1) is 18.2 Å². The number of nitrogens with two attached hydrogens (primary N) is 1. The van der Waals surface area contributed by atoms with Crippen molar-refractivity contribution in [3.8, 4) is 0 Å². The van der Waals surface area contributed by atoms with Crippen molar-refractivity contribution in [3.05, 3.63) is 35.4 Å². The number of nitrogens with zero attached hydrogens (tertiary/aromatic N) is 1. The van der Waals surface area contributed by atoms with Crippen molar-refractivity contribution < 1.29 is 9.53 Å². The lowest BCUT2D eigenvalue weighted by Gasteiger charge is -2.35. The number of ether oxygens (including phenoxy) is 1. The van der Waals surface area contributed by atoms with Gasteiger partial charge in [0.2, 0.25) is 5.91 Å². The van der Waals surface area contributed by atoms with Gasteiger partial charge in [-0.1, -0.05) is 45.0 Å². The van der Waals surface area contributed by atoms with E-state index in [0.717, 1.165) is 25.2 Å². The van der Waals surface area contributed by atoms with Crippen LogP contribution in [0, 0.1) is 5.41 Å². The fourth-order valence-corrected chi connectivity index (χ4v) is 3.22. The molecule has 1 aliphatic rings. The second kappa shape index (κ2) is 8.30. The summed E-state index contributed by atoms with van der Waals surface area (Å²) in [5.41, 5.74) is 8.18. The van der Waals surface area contributed by atoms with Crippen LogP contribution in [0.5, 0.6) is 0 Å². The maximum Gasteiger partial charge on any atom is 0.237 e. The molecule has 0 aliphatic carbocycles. The predicted molar refractivity (Wildman–Crippen MR) is 101 cm³/mol. The summed E-state index contributed by atoms with van der Waals surface area (Å²) in [4.78, 5) is 14.7. The van der Waals surface area contributed by atoms with Gasteiger partial charge in [0.1, 0.15) is 0 Å². The summed E-state index contributed by atoms with van der Waals surface area (Å²) in [6.45, 7) is 13.4. The number of hydrogen-bond acceptors (Lipinski definition) is 4. The van der Waals surface area contributed by atoms with E-state index < -0.39 is 6.04 Å². The van der Waals surface area contributed by atoms with Gasteiger partial charge in [0.25, 0.3) is 0 Å². The Morgan fingerprint density at radius 2 is 1.80 bits per heavy atom. The molecule has 25 heavy (non-hydrogen) atoms. The Morgan fingerprint density at radius 3 is 2.36 bits per heavy atom. The molecule has 1 aromatic carbocycles. The Labute approximate surface area is 151 Å². The number of rotatable bonds is 5. The quantitative estimate of drug-likeness (QED) is 0.857. The maximum absolute atomic E-state index is 12.3. The first-order valence-electron chi connectivity index (χ1n) is 9.14. The number of nitrogens with one attached hydrogen (secondary N) is 1. The highest BCUT2D eigenvalue weighted by atomic mass is 16.5. The van der Waals surface area contributed by atoms with Crippen LogP contribution in [0.3, 0.4) is 0 Å². The Hall–Kier alpha value is -1.43. The zero-order valence-corrected chi connectivity index (χ0v) is 16.2. The number of carbonyl (C=O) groups excluding carboxylic acids is 1. The van der Waals surface area contributed by atoms with E-state index in [-0.39, 0.29) is 23.5 Å². The second-order valence-electron chi connectivity index (χ2n) is 8.28. The molecule has 5 heteroatoms. The molecule has 3 unspecified atom stereocenters. The van der Waals surface area contributed by atoms with Gasteiger partial charge in [-0.2, -0.15) is 0 Å². The highest BCUT2D eigenvalue weighted by molar-refractivity contribution is 5.82. The standard InChI is InChI=1S/C20H33N3O2/c1-14-11-23(12-15(2)25-14)13-17-9-7-6-8-16(17)10-22-19(24)18(21)20(3,4)5/h6-9,14-15,18H,10-13,21H2,1-5H3,(H,22,24). The van der Waals surface area contributed by atoms with Crippen molar-refractivity contribution in [2.75, 3.05) is 13.1 Å². The lowest BCUT2D eigenvalue weighted by molar-refractivity contribution is -0.124. The van der Waals surface area contributed by atoms with Gasteiger partial charge in [0.15, 0.2) is 0 Å². The average Bonchev–Trinajstić information content (AvgIpc) is 2.51. The van der Waals surface area contributed by atoms with Crippen molar-refractivity contribution in [3.63, 3.8) is 0 Å². The Bertz CT molecular complexity index is 573. The smallest absolute Gasteiger partial charge is 0.237 e. The van der Waals surface area contributed by atoms with E-state index in [4.69, 9.17) is 10.5 Å². The SMILES string of the molecule is CC1CN(Cc2ccccc2CNC(=O)C(N)C(C)(C)C)CC(C)O1. The van der Waals surface area contributed by atoms with Gasteiger partial charge in [-0.25, -0.2) is 0 Å². The molecule has 0 saturated carbocycles. The monoisotopic (exact) mass is 347 g/mol. The summed E-state index contributed by atoms with van der Waals surface area (Å²) in [6.07, 6.45) is 0.501. The minimum Gasteiger partial charge on any atom is -0.373 e. The summed E-state index contributed by atoms with van der Waals surface area (Å²) >= 11 is 0. The van der Waals surface area contributed by atoms with Gasteiger partial charge >= 0.3 is 0 Å². The van der Waals surface area contributed by atoms with E-state index in [9.17, 15) is 4.79 Å². The summed E-state index contributed by atoms with van der Waals surface area (Å²) in [7, 11) is 0. The number of carbonyl (C=O) groups is 1. The van der Waals surface area contributed by atoms with Crippen LogP contribution in [0.4, 0.5) is 0 Å². The first kappa shape index (κ1) is 19.9. The highest BCUT2D eigenvalue weighted by Crippen LogP contribution is 2.19. The molecule has 1 amide bonds. The molecule has 1 saturated heterocycles. The molecule has 0 bridgehead atoms. The zero-order chi connectivity index (χ0) is 18.6. The van der Waals surface area contributed by atoms with E-state index in [1.165, 1.54) is 5.56 Å². The van der Waals surface area contributed by atoms with E-state index in [0.29, 0.717) is 6.54 Å². The molecule has 140 valence electrons. The molecule has 3 atom stereocenters. The van der Waals surface area contributed by atoms with Crippen LogP contribution in [0.25, 0.3) is 0 Å². The van der Waals surface area contributed by atoms with Crippen LogP contribution in [-0.2, 0) is 22.6 Å². The average molecular weight is 348 g/mol. The third kappa shape index (κ3) is 5.80. The summed E-state index contributed by atoms with van der Waals surface area (Å²) in [5.74, 6) is -0.101. The largest absolute Gasteiger partial charge is 0.373 e. The van der Waals surface area contributed by atoms with Crippen molar-refractivity contribution in [2.24, 2.45) is 11.1 Å². The Morgan fingerprint density at radius 1 is 1.24 bits per heavy atom. The molecular formula is C20H33N3O2. The van der Waals surface area contributed by atoms with Crippen molar-refractivity contribution in [1.82, 2.24) is 10.2 Å². The van der Waals surface area contributed by atoms with Crippen LogP contribution in [0.1, 0.15) is 45.7 Å². The van der Waals surface area contributed by atoms with Gasteiger partial charge in [-0.15, -0.1) is 0 Å². The summed E-state index contributed by atoms with van der Waals surface area (Å²) < 4.78 is 5.81. The normalized spacial score (nSPS) is 23.3. The van der Waals surface area contributed by atoms with Crippen LogP contribution in [-0.4, -0.2) is 42.1 Å². The molecule has 1 aromatic rings. The Kier molecular flexibility index (Phi) is 6.60. The molecule has 0 spiro atoms. The maximum atomic E-state index is 12.3. The fourth-order valence-electron chi connectivity index (χ4n) is 3.22. The summed E-state index contributed by atoms with van der Waals surface area (Å²) in [6, 6.07) is 7.76. The van der Waals surface area contributed by atoms with Gasteiger partial charge in [-0.3, -0.25) is 9.69 Å². The summed E-state index contributed by atoms with van der Waals surface area (Å²) in [5, 5.41) is 2.99. The fraction of sp³-hybridized carbons (Fsp3) is 0.650. The lowest BCUT2D eigenvalue weighted by Crippen LogP contribution is -2.48. The van der Waals surface area contributed by atoms with Crippen LogP contribution >= 0.6 is 0 Å². The molecule has 1 aliphatic heterocycles. The molecule has 2 rings (SSSR count). The van der Waals surface area contributed by atoms with Crippen LogP contribution < -0.4 is 11.1 Å². The molecule has 1 heterocycles. The van der Waals surface area contributed by atoms with Crippen molar-refractivity contribution in [1.29, 1.82) is 0 Å². The number of hydrogen-bond donors (Lipinski definition) is 2. The van der Waals surface area contributed by atoms with Gasteiger partial charge in [0, 0.05) is 26.2 Å². The molecule has 0 aromatic heterocycles. The van der Waals surface area contributed by atoms with Crippen LogP contribution in [0.2, 0.25) is 0 Å². The third-order valence-electron chi connectivity index (χ3n) is 4.68. The Balaban J connectivity index is 1.99. The molecule has 1 fully saturated rings. The number of benzene rings is 1. The van der Waals surface area contributed by atoms with E-state index >= 15 is 0 Å². The molecule has 5 nitrogen and oxygen atoms in total. The molecular weight excluding hydrogens is 314 g/mol. The first-order chi connectivity index (χ1) is 11.7. The minimum atomic E-state index is -0.513. The van der Waals surface area contributed by atoms with Gasteiger partial charge < -0.3 is 15.8 Å². The van der Waals surface area contributed by atoms with E-state index in [1.54, 1.807) is 0 Å². The third-order valence-corrected chi connectivity index (χ3v) is 4.68. The minimum absolute atomic E-state index is 0.101. The van der Waals surface area contributed by atoms with Gasteiger partial charge in [-0.05, 0) is 30.4 Å². The van der Waals surface area contributed by atoms with E-state index in [1.807, 2.05) is 26.8 Å². The van der Waals surface area contributed by atoms with Crippen molar-refractivity contribution in [2.45, 2.75) is 66.0 Å². The van der Waals surface area contributed by atoms with Crippen molar-refractivity contribution >= 4 is 5.91 Å². The highest BCUT2D eigenvalue weighted by Gasteiger charge is 2.27. The van der Waals surface area contributed by atoms with Crippen LogP contribution in [0.15, 0.2) is 24.3 Å². The molecule has 0 radical (unpaired) electrons. The number of amides is 1. The first-order valence-corrected chi connectivity index (χ1v) is 9.14. The van der Waals surface area contributed by atoms with E-state index in [2.05, 4.69) is 42.3 Å². The number of morpholine rings is 1. The lowest BCUT2D eigenvalue weighted by atomic mass is 9.87.